The van der Waals surface area contributed by atoms with Crippen LogP contribution in [0.15, 0.2) is 36.4 Å². The summed E-state index contributed by atoms with van der Waals surface area (Å²) in [6.45, 7) is 0. The maximum absolute atomic E-state index is 12.2. The normalized spacial score (nSPS) is 17.9. The molecule has 0 aliphatic carbocycles. The number of alkyl halides is 3. The second-order valence-corrected chi connectivity index (χ2v) is 7.92. The molecule has 1 aromatic carbocycles. The lowest BCUT2D eigenvalue weighted by Crippen LogP contribution is -2.17. The third-order valence-electron chi connectivity index (χ3n) is 3.94. The van der Waals surface area contributed by atoms with Crippen LogP contribution in [-0.4, -0.2) is 12.3 Å². The van der Waals surface area contributed by atoms with Crippen molar-refractivity contribution in [3.05, 3.63) is 41.3 Å². The van der Waals surface area contributed by atoms with Gasteiger partial charge < -0.3 is 10.1 Å². The van der Waals surface area contributed by atoms with Gasteiger partial charge in [-0.3, -0.25) is 4.79 Å². The van der Waals surface area contributed by atoms with Crippen LogP contribution in [0.25, 0.3) is 19.8 Å². The van der Waals surface area contributed by atoms with Gasteiger partial charge in [-0.15, -0.1) is 35.8 Å². The molecule has 25 heavy (non-hydrogen) atoms. The molecule has 3 aromatic rings. The molecule has 1 aliphatic heterocycles. The van der Waals surface area contributed by atoms with Crippen molar-refractivity contribution in [3.63, 3.8) is 0 Å². The number of nitrogens with one attached hydrogen (secondary N) is 1. The zero-order valence-corrected chi connectivity index (χ0v) is 14.4. The van der Waals surface area contributed by atoms with E-state index in [1.54, 1.807) is 34.8 Å². The quantitative estimate of drug-likeness (QED) is 0.650. The van der Waals surface area contributed by atoms with Crippen LogP contribution < -0.4 is 10.1 Å². The number of carbonyl (C=O) groups excluding carboxylic acids is 1. The fraction of sp³-hybridized carbons (Fsp3) is 0.235. The van der Waals surface area contributed by atoms with Crippen LogP contribution in [0, 0.1) is 0 Å². The number of fused-ring (bicyclic) bond motifs is 1. The van der Waals surface area contributed by atoms with E-state index in [2.05, 4.69) is 16.1 Å². The summed E-state index contributed by atoms with van der Waals surface area (Å²) in [5.41, 5.74) is 0.846. The molecule has 1 amide bonds. The first-order valence-electron chi connectivity index (χ1n) is 7.56. The fourth-order valence-electron chi connectivity index (χ4n) is 2.82. The van der Waals surface area contributed by atoms with Gasteiger partial charge in [0.05, 0.1) is 6.04 Å². The number of hydrogen-bond donors (Lipinski definition) is 1. The molecule has 1 fully saturated rings. The Bertz CT molecular complexity index is 896. The summed E-state index contributed by atoms with van der Waals surface area (Å²) < 4.78 is 42.7. The topological polar surface area (TPSA) is 38.3 Å². The van der Waals surface area contributed by atoms with Crippen molar-refractivity contribution in [2.75, 3.05) is 0 Å². The van der Waals surface area contributed by atoms with Gasteiger partial charge in [0.2, 0.25) is 5.91 Å². The molecule has 0 saturated carbocycles. The summed E-state index contributed by atoms with van der Waals surface area (Å²) in [6, 6.07) is 10.1. The maximum atomic E-state index is 12.2. The minimum atomic E-state index is -4.68. The van der Waals surface area contributed by atoms with E-state index >= 15 is 0 Å². The van der Waals surface area contributed by atoms with Gasteiger partial charge in [-0.1, -0.05) is 0 Å². The van der Waals surface area contributed by atoms with Crippen LogP contribution in [0.3, 0.4) is 0 Å². The van der Waals surface area contributed by atoms with Crippen LogP contribution in [0.2, 0.25) is 0 Å². The minimum Gasteiger partial charge on any atom is -0.406 e. The van der Waals surface area contributed by atoms with Crippen molar-refractivity contribution in [3.8, 4) is 16.2 Å². The second kappa shape index (κ2) is 6.03. The Kier molecular flexibility index (Phi) is 3.96. The van der Waals surface area contributed by atoms with E-state index < -0.39 is 6.36 Å². The molecule has 2 aromatic heterocycles. The fourth-order valence-corrected chi connectivity index (χ4v) is 5.32. The Balaban J connectivity index is 1.55. The van der Waals surface area contributed by atoms with E-state index in [-0.39, 0.29) is 17.7 Å². The summed E-state index contributed by atoms with van der Waals surface area (Å²) in [4.78, 5) is 13.5. The molecule has 0 radical (unpaired) electrons. The summed E-state index contributed by atoms with van der Waals surface area (Å²) >= 11 is 3.23. The highest BCUT2D eigenvalue weighted by atomic mass is 32.1. The SMILES string of the molecule is O=C1CCC(c2cc3sc(-c4ccc(OC(F)(F)F)cc4)cc3s2)N1. The average Bonchev–Trinajstić information content (AvgIpc) is 3.20. The van der Waals surface area contributed by atoms with Crippen molar-refractivity contribution in [2.24, 2.45) is 0 Å². The summed E-state index contributed by atoms with van der Waals surface area (Å²) in [5, 5.41) is 2.96. The maximum Gasteiger partial charge on any atom is 0.573 e. The molecule has 1 aliphatic rings. The average molecular weight is 383 g/mol. The van der Waals surface area contributed by atoms with Crippen LogP contribution in [-0.2, 0) is 4.79 Å². The molecule has 0 bridgehead atoms. The molecule has 130 valence electrons. The summed E-state index contributed by atoms with van der Waals surface area (Å²) in [6.07, 6.45) is -3.30. The first-order chi connectivity index (χ1) is 11.9. The van der Waals surface area contributed by atoms with Gasteiger partial charge >= 0.3 is 6.36 Å². The van der Waals surface area contributed by atoms with Gasteiger partial charge in [-0.05, 0) is 48.4 Å². The Morgan fingerprint density at radius 1 is 1.08 bits per heavy atom. The van der Waals surface area contributed by atoms with Crippen LogP contribution in [0.4, 0.5) is 13.2 Å². The van der Waals surface area contributed by atoms with E-state index in [1.807, 2.05) is 6.07 Å². The molecular formula is C17H12F3NO2S2. The molecule has 3 heterocycles. The van der Waals surface area contributed by atoms with E-state index in [0.717, 1.165) is 31.1 Å². The number of halogens is 3. The third-order valence-corrected chi connectivity index (χ3v) is 6.39. The Labute approximate surface area is 149 Å². The molecule has 1 N–H and O–H groups in total. The van der Waals surface area contributed by atoms with Gasteiger partial charge in [-0.2, -0.15) is 0 Å². The highest BCUT2D eigenvalue weighted by Gasteiger charge is 2.31. The first kappa shape index (κ1) is 16.4. The van der Waals surface area contributed by atoms with Crippen LogP contribution >= 0.6 is 22.7 Å². The predicted octanol–water partition coefficient (Wildman–Crippen LogP) is 5.48. The smallest absolute Gasteiger partial charge is 0.406 e. The molecular weight excluding hydrogens is 371 g/mol. The van der Waals surface area contributed by atoms with Crippen molar-refractivity contribution in [1.29, 1.82) is 0 Å². The molecule has 1 unspecified atom stereocenters. The van der Waals surface area contributed by atoms with Gasteiger partial charge in [-0.25, -0.2) is 0 Å². The summed E-state index contributed by atoms with van der Waals surface area (Å²) in [5.74, 6) is -0.141. The van der Waals surface area contributed by atoms with E-state index in [0.29, 0.717) is 6.42 Å². The second-order valence-electron chi connectivity index (χ2n) is 5.72. The number of hydrogen-bond acceptors (Lipinski definition) is 4. The lowest BCUT2D eigenvalue weighted by molar-refractivity contribution is -0.274. The Morgan fingerprint density at radius 3 is 2.40 bits per heavy atom. The number of ether oxygens (including phenoxy) is 1. The van der Waals surface area contributed by atoms with Gasteiger partial charge in [0, 0.05) is 25.6 Å². The number of benzene rings is 1. The van der Waals surface area contributed by atoms with Crippen LogP contribution in [0.5, 0.6) is 5.75 Å². The molecule has 0 spiro atoms. The number of carbonyl (C=O) groups is 1. The highest BCUT2D eigenvalue weighted by molar-refractivity contribution is 7.29. The lowest BCUT2D eigenvalue weighted by atomic mass is 10.2. The lowest BCUT2D eigenvalue weighted by Gasteiger charge is -2.08. The zero-order valence-electron chi connectivity index (χ0n) is 12.7. The molecule has 8 heteroatoms. The van der Waals surface area contributed by atoms with Crippen molar-refractivity contribution >= 4 is 38.0 Å². The molecule has 1 atom stereocenters. The summed E-state index contributed by atoms with van der Waals surface area (Å²) in [7, 11) is 0. The minimum absolute atomic E-state index is 0.0867. The Morgan fingerprint density at radius 2 is 1.80 bits per heavy atom. The van der Waals surface area contributed by atoms with Crippen LogP contribution in [0.1, 0.15) is 23.8 Å². The third kappa shape index (κ3) is 3.50. The van der Waals surface area contributed by atoms with Crippen molar-refractivity contribution in [1.82, 2.24) is 5.32 Å². The monoisotopic (exact) mass is 383 g/mol. The zero-order chi connectivity index (χ0) is 17.6. The Hall–Kier alpha value is -2.06. The van der Waals surface area contributed by atoms with Gasteiger partial charge in [0.1, 0.15) is 5.75 Å². The highest BCUT2D eigenvalue weighted by Crippen LogP contribution is 2.41. The predicted molar refractivity (Wildman–Crippen MR) is 91.9 cm³/mol. The van der Waals surface area contributed by atoms with Gasteiger partial charge in [0.15, 0.2) is 0 Å². The van der Waals surface area contributed by atoms with E-state index in [1.165, 1.54) is 12.1 Å². The standard InChI is InChI=1S/C17H12F3NO2S2/c18-17(19,20)23-10-3-1-9(2-4-10)12-7-14-15(24-12)8-13(25-14)11-5-6-16(22)21-11/h1-4,7-8,11H,5-6H2,(H,21,22). The number of amides is 1. The number of rotatable bonds is 3. The molecule has 3 nitrogen and oxygen atoms in total. The van der Waals surface area contributed by atoms with Crippen molar-refractivity contribution < 1.29 is 22.7 Å². The first-order valence-corrected chi connectivity index (χ1v) is 9.19. The van der Waals surface area contributed by atoms with Crippen molar-refractivity contribution in [2.45, 2.75) is 25.2 Å². The molecule has 4 rings (SSSR count). The van der Waals surface area contributed by atoms with Gasteiger partial charge in [0.25, 0.3) is 0 Å². The molecule has 1 saturated heterocycles. The van der Waals surface area contributed by atoms with E-state index in [4.69, 9.17) is 0 Å². The largest absolute Gasteiger partial charge is 0.573 e. The number of thiophene rings is 2. The van der Waals surface area contributed by atoms with E-state index in [9.17, 15) is 18.0 Å².